The number of unbranched alkanes of at least 4 members (excludes halogenated alkanes) is 17. The first-order valence-corrected chi connectivity index (χ1v) is 17.5. The van der Waals surface area contributed by atoms with Crippen LogP contribution in [0.5, 0.6) is 0 Å². The smallest absolute Gasteiger partial charge is 0.326 e. The van der Waals surface area contributed by atoms with Crippen LogP contribution < -0.4 is 11.1 Å². The molecule has 246 valence electrons. The van der Waals surface area contributed by atoms with Gasteiger partial charge < -0.3 is 20.9 Å². The SMILES string of the molecule is CCC/C=C\C(CCCCCCC(=O)NC(CCCN)C(=O)O)OC(=O)CCCCCCCCCCCCCCCC. The zero-order valence-electron chi connectivity index (χ0n) is 27.4. The zero-order chi connectivity index (χ0) is 31.1. The van der Waals surface area contributed by atoms with E-state index in [1.54, 1.807) is 0 Å². The van der Waals surface area contributed by atoms with Gasteiger partial charge in [-0.25, -0.2) is 4.79 Å². The fourth-order valence-corrected chi connectivity index (χ4v) is 5.13. The fourth-order valence-electron chi connectivity index (χ4n) is 5.13. The third-order valence-electron chi connectivity index (χ3n) is 7.80. The van der Waals surface area contributed by atoms with E-state index < -0.39 is 12.0 Å². The van der Waals surface area contributed by atoms with Gasteiger partial charge in [-0.3, -0.25) is 9.59 Å². The number of nitrogens with two attached hydrogens (primary N) is 1. The van der Waals surface area contributed by atoms with E-state index in [0.717, 1.165) is 51.4 Å². The summed E-state index contributed by atoms with van der Waals surface area (Å²) in [5, 5.41) is 11.8. The average molecular weight is 595 g/mol. The van der Waals surface area contributed by atoms with E-state index in [9.17, 15) is 19.5 Å². The predicted octanol–water partition coefficient (Wildman–Crippen LogP) is 8.77. The number of allylic oxidation sites excluding steroid dienone is 1. The topological polar surface area (TPSA) is 119 Å². The minimum atomic E-state index is -1.02. The van der Waals surface area contributed by atoms with Gasteiger partial charge in [0.25, 0.3) is 0 Å². The predicted molar refractivity (Wildman–Crippen MR) is 174 cm³/mol. The molecule has 7 nitrogen and oxygen atoms in total. The van der Waals surface area contributed by atoms with E-state index in [4.69, 9.17) is 10.5 Å². The van der Waals surface area contributed by atoms with Gasteiger partial charge in [0.15, 0.2) is 0 Å². The molecular formula is C35H66N2O5. The molecule has 0 spiro atoms. The lowest BCUT2D eigenvalue weighted by atomic mass is 10.0. The number of ether oxygens (including phenoxy) is 1. The van der Waals surface area contributed by atoms with Crippen molar-refractivity contribution >= 4 is 17.8 Å². The van der Waals surface area contributed by atoms with Crippen molar-refractivity contribution in [2.24, 2.45) is 5.73 Å². The van der Waals surface area contributed by atoms with Crippen LogP contribution >= 0.6 is 0 Å². The number of hydrogen-bond donors (Lipinski definition) is 3. The molecule has 0 heterocycles. The monoisotopic (exact) mass is 594 g/mol. The number of amides is 1. The zero-order valence-corrected chi connectivity index (χ0v) is 27.4. The van der Waals surface area contributed by atoms with Crippen molar-refractivity contribution in [3.8, 4) is 0 Å². The molecule has 0 aromatic heterocycles. The molecule has 0 saturated carbocycles. The summed E-state index contributed by atoms with van der Waals surface area (Å²) in [6.45, 7) is 4.81. The summed E-state index contributed by atoms with van der Waals surface area (Å²) in [5.41, 5.74) is 5.45. The molecule has 0 bridgehead atoms. The number of carboxylic acid groups (broad SMARTS) is 1. The fraction of sp³-hybridized carbons (Fsp3) is 0.857. The van der Waals surface area contributed by atoms with Gasteiger partial charge in [0.2, 0.25) is 5.91 Å². The van der Waals surface area contributed by atoms with Crippen molar-refractivity contribution in [3.63, 3.8) is 0 Å². The molecule has 1 amide bonds. The molecule has 0 aliphatic carbocycles. The second kappa shape index (κ2) is 30.6. The summed E-state index contributed by atoms with van der Waals surface area (Å²) in [5.74, 6) is -1.34. The van der Waals surface area contributed by atoms with Crippen LogP contribution in [0, 0.1) is 0 Å². The Balaban J connectivity index is 3.99. The van der Waals surface area contributed by atoms with Crippen LogP contribution in [0.2, 0.25) is 0 Å². The number of rotatable bonds is 31. The molecule has 0 aromatic rings. The lowest BCUT2D eigenvalue weighted by molar-refractivity contribution is -0.147. The van der Waals surface area contributed by atoms with E-state index in [1.165, 1.54) is 77.0 Å². The van der Waals surface area contributed by atoms with Crippen LogP contribution in [0.15, 0.2) is 12.2 Å². The van der Waals surface area contributed by atoms with Crippen LogP contribution in [-0.4, -0.2) is 41.6 Å². The molecule has 0 rings (SSSR count). The van der Waals surface area contributed by atoms with Crippen LogP contribution in [0.25, 0.3) is 0 Å². The van der Waals surface area contributed by atoms with E-state index in [1.807, 2.05) is 6.08 Å². The number of carbonyl (C=O) groups excluding carboxylic acids is 2. The van der Waals surface area contributed by atoms with E-state index in [2.05, 4.69) is 25.2 Å². The summed E-state index contributed by atoms with van der Waals surface area (Å²) in [6.07, 6.45) is 30.2. The molecule has 7 heteroatoms. The first kappa shape index (κ1) is 40.1. The molecule has 4 N–H and O–H groups in total. The number of nitrogens with one attached hydrogen (secondary N) is 1. The molecule has 2 atom stereocenters. The Hall–Kier alpha value is -1.89. The van der Waals surface area contributed by atoms with E-state index in [-0.39, 0.29) is 18.0 Å². The number of carbonyl (C=O) groups is 3. The van der Waals surface area contributed by atoms with Gasteiger partial charge in [-0.2, -0.15) is 0 Å². The second-order valence-electron chi connectivity index (χ2n) is 11.9. The average Bonchev–Trinajstić information content (AvgIpc) is 2.96. The Labute approximate surface area is 258 Å². The lowest BCUT2D eigenvalue weighted by Gasteiger charge is -2.15. The Morgan fingerprint density at radius 3 is 1.74 bits per heavy atom. The Kier molecular flexibility index (Phi) is 29.2. The molecule has 0 radical (unpaired) electrons. The van der Waals surface area contributed by atoms with Crippen LogP contribution in [-0.2, 0) is 19.1 Å². The first-order chi connectivity index (χ1) is 20.4. The highest BCUT2D eigenvalue weighted by Crippen LogP contribution is 2.15. The molecule has 0 aromatic carbocycles. The number of carboxylic acids is 1. The maximum Gasteiger partial charge on any atom is 0.326 e. The summed E-state index contributed by atoms with van der Waals surface area (Å²) in [4.78, 5) is 35.8. The summed E-state index contributed by atoms with van der Waals surface area (Å²) >= 11 is 0. The van der Waals surface area contributed by atoms with Crippen molar-refractivity contribution in [2.45, 2.75) is 187 Å². The largest absolute Gasteiger partial charge is 0.480 e. The van der Waals surface area contributed by atoms with Crippen molar-refractivity contribution < 1.29 is 24.2 Å². The Bertz CT molecular complexity index is 682. The van der Waals surface area contributed by atoms with Gasteiger partial charge in [0.05, 0.1) is 0 Å². The molecule has 42 heavy (non-hydrogen) atoms. The Morgan fingerprint density at radius 2 is 1.21 bits per heavy atom. The number of hydrogen-bond acceptors (Lipinski definition) is 5. The standard InChI is InChI=1S/C35H66N2O5/c1-3-5-7-8-9-10-11-12-13-14-15-16-17-23-29-34(39)42-31(25-20-6-4-2)26-21-18-19-22-28-33(38)37-32(35(40)41)27-24-30-36/h20,25,31-32H,3-19,21-24,26-30,36H2,1-2H3,(H,37,38)(H,40,41)/b25-20-. The molecule has 0 saturated heterocycles. The molecule has 0 aliphatic rings. The maximum atomic E-state index is 12.5. The minimum Gasteiger partial charge on any atom is -0.480 e. The van der Waals surface area contributed by atoms with Crippen molar-refractivity contribution in [3.05, 3.63) is 12.2 Å². The third-order valence-corrected chi connectivity index (χ3v) is 7.80. The van der Waals surface area contributed by atoms with Gasteiger partial charge in [-0.15, -0.1) is 0 Å². The Morgan fingerprint density at radius 1 is 0.690 bits per heavy atom. The van der Waals surface area contributed by atoms with Gasteiger partial charge in [-0.1, -0.05) is 123 Å². The highest BCUT2D eigenvalue weighted by molar-refractivity contribution is 5.83. The summed E-state index contributed by atoms with van der Waals surface area (Å²) in [7, 11) is 0. The quantitative estimate of drug-likeness (QED) is 0.0419. The third kappa shape index (κ3) is 27.0. The molecular weight excluding hydrogens is 528 g/mol. The highest BCUT2D eigenvalue weighted by Gasteiger charge is 2.18. The first-order valence-electron chi connectivity index (χ1n) is 17.5. The van der Waals surface area contributed by atoms with Crippen molar-refractivity contribution in [2.75, 3.05) is 6.54 Å². The van der Waals surface area contributed by atoms with Crippen LogP contribution in [0.4, 0.5) is 0 Å². The van der Waals surface area contributed by atoms with Crippen molar-refractivity contribution in [1.29, 1.82) is 0 Å². The normalized spacial score (nSPS) is 12.8. The summed E-state index contributed by atoms with van der Waals surface area (Å²) < 4.78 is 5.80. The van der Waals surface area contributed by atoms with Gasteiger partial charge in [-0.05, 0) is 57.6 Å². The van der Waals surface area contributed by atoms with E-state index in [0.29, 0.717) is 38.6 Å². The summed E-state index contributed by atoms with van der Waals surface area (Å²) in [6, 6.07) is -0.865. The highest BCUT2D eigenvalue weighted by atomic mass is 16.5. The minimum absolute atomic E-state index is 0.0978. The number of aliphatic carboxylic acids is 1. The number of esters is 1. The van der Waals surface area contributed by atoms with Crippen LogP contribution in [0.1, 0.15) is 174 Å². The van der Waals surface area contributed by atoms with E-state index >= 15 is 0 Å². The van der Waals surface area contributed by atoms with Gasteiger partial charge >= 0.3 is 11.9 Å². The maximum absolute atomic E-state index is 12.5. The van der Waals surface area contributed by atoms with Crippen LogP contribution in [0.3, 0.4) is 0 Å². The van der Waals surface area contributed by atoms with Crippen molar-refractivity contribution in [1.82, 2.24) is 5.32 Å². The second-order valence-corrected chi connectivity index (χ2v) is 11.9. The lowest BCUT2D eigenvalue weighted by Crippen LogP contribution is -2.40. The molecule has 0 fully saturated rings. The van der Waals surface area contributed by atoms with Gasteiger partial charge in [0, 0.05) is 12.8 Å². The van der Waals surface area contributed by atoms with Gasteiger partial charge in [0.1, 0.15) is 12.1 Å². The molecule has 0 aliphatic heterocycles. The molecule has 2 unspecified atom stereocenters.